The Morgan fingerprint density at radius 3 is 1.28 bits per heavy atom. The molecule has 13 rings (SSSR count). The predicted octanol–water partition coefficient (Wildman–Crippen LogP) is 19.4. The maximum absolute atomic E-state index is 2.40. The molecule has 0 aliphatic rings. The SMILES string of the molecule is c1ccc(-c2ccc(N(c3ccc(-c4cc(-c5ccc6ccccc6c5)cc(-c5cccc6c5c5ccccc5n6-c5ccccc5)c4)cc3)c3cc(-c4ccccc4)cc(-c4ccccc4)c3)cc2)cc1. The molecule has 2 nitrogen and oxygen atoms in total. The summed E-state index contributed by atoms with van der Waals surface area (Å²) < 4.78 is 2.40. The lowest BCUT2D eigenvalue weighted by Crippen LogP contribution is -2.10. The Bertz CT molecular complexity index is 3990. The van der Waals surface area contributed by atoms with Crippen LogP contribution in [0.2, 0.25) is 0 Å². The van der Waals surface area contributed by atoms with Crippen LogP contribution in [-0.2, 0) is 0 Å². The standard InChI is InChI=1S/C70H48N2/c1-5-18-49(19-6-1)53-34-38-63(39-35-53)71(65-47-59(50-20-7-2-8-21-50)44-60(48-65)51-22-9-3-10-23-51)64-40-36-54(37-41-64)57-43-58(56-33-32-52-24-13-14-25-55(52)42-56)46-61(45-57)66-29-17-31-69-70(66)67-28-15-16-30-68(67)72(69)62-26-11-4-12-27-62/h1-48H. The van der Waals surface area contributed by atoms with Gasteiger partial charge in [-0.15, -0.1) is 0 Å². The minimum Gasteiger partial charge on any atom is -0.310 e. The average molecular weight is 917 g/mol. The zero-order valence-electron chi connectivity index (χ0n) is 39.6. The number of hydrogen-bond acceptors (Lipinski definition) is 1. The summed E-state index contributed by atoms with van der Waals surface area (Å²) in [4.78, 5) is 2.40. The zero-order chi connectivity index (χ0) is 47.8. The summed E-state index contributed by atoms with van der Waals surface area (Å²) in [6.07, 6.45) is 0. The van der Waals surface area contributed by atoms with Crippen LogP contribution < -0.4 is 4.90 Å². The first kappa shape index (κ1) is 42.6. The number of benzene rings is 12. The number of anilines is 3. The highest BCUT2D eigenvalue weighted by molar-refractivity contribution is 6.16. The Hall–Kier alpha value is -9.50. The van der Waals surface area contributed by atoms with Crippen LogP contribution in [0.15, 0.2) is 291 Å². The van der Waals surface area contributed by atoms with E-state index in [0.717, 1.165) is 45.0 Å². The smallest absolute Gasteiger partial charge is 0.0547 e. The van der Waals surface area contributed by atoms with E-state index in [1.54, 1.807) is 0 Å². The van der Waals surface area contributed by atoms with Crippen molar-refractivity contribution in [3.05, 3.63) is 291 Å². The lowest BCUT2D eigenvalue weighted by atomic mass is 9.91. The van der Waals surface area contributed by atoms with E-state index in [-0.39, 0.29) is 0 Å². The van der Waals surface area contributed by atoms with Crippen molar-refractivity contribution < 1.29 is 0 Å². The molecule has 13 aromatic rings. The molecule has 0 spiro atoms. The molecule has 12 aromatic carbocycles. The van der Waals surface area contributed by atoms with Gasteiger partial charge in [0.25, 0.3) is 0 Å². The molecule has 338 valence electrons. The molecule has 0 N–H and O–H groups in total. The molecular weight excluding hydrogens is 869 g/mol. The van der Waals surface area contributed by atoms with E-state index >= 15 is 0 Å². The molecule has 0 radical (unpaired) electrons. The third-order valence-electron chi connectivity index (χ3n) is 14.1. The van der Waals surface area contributed by atoms with E-state index in [0.29, 0.717) is 0 Å². The summed E-state index contributed by atoms with van der Waals surface area (Å²) in [6, 6.07) is 106. The first-order valence-electron chi connectivity index (χ1n) is 24.7. The molecule has 0 saturated carbocycles. The molecule has 0 bridgehead atoms. The molecule has 1 aromatic heterocycles. The molecule has 0 aliphatic heterocycles. The van der Waals surface area contributed by atoms with Gasteiger partial charge in [-0.25, -0.2) is 0 Å². The van der Waals surface area contributed by atoms with Gasteiger partial charge in [-0.05, 0) is 169 Å². The maximum atomic E-state index is 2.40. The van der Waals surface area contributed by atoms with Gasteiger partial charge in [0, 0.05) is 33.5 Å². The van der Waals surface area contributed by atoms with Crippen LogP contribution in [-0.4, -0.2) is 4.57 Å². The van der Waals surface area contributed by atoms with Gasteiger partial charge in [0.2, 0.25) is 0 Å². The van der Waals surface area contributed by atoms with E-state index in [1.165, 1.54) is 77.1 Å². The van der Waals surface area contributed by atoms with Crippen LogP contribution in [0.4, 0.5) is 17.1 Å². The van der Waals surface area contributed by atoms with Crippen molar-refractivity contribution in [3.63, 3.8) is 0 Å². The Kier molecular flexibility index (Phi) is 10.9. The van der Waals surface area contributed by atoms with Gasteiger partial charge in [0.1, 0.15) is 0 Å². The van der Waals surface area contributed by atoms with Gasteiger partial charge in [0.15, 0.2) is 0 Å². The number of aromatic nitrogens is 1. The zero-order valence-corrected chi connectivity index (χ0v) is 39.6. The third kappa shape index (κ3) is 8.01. The third-order valence-corrected chi connectivity index (χ3v) is 14.1. The van der Waals surface area contributed by atoms with Crippen LogP contribution in [0.1, 0.15) is 0 Å². The second-order valence-corrected chi connectivity index (χ2v) is 18.5. The van der Waals surface area contributed by atoms with E-state index in [1.807, 2.05) is 0 Å². The second kappa shape index (κ2) is 18.4. The Balaban J connectivity index is 0.981. The fourth-order valence-electron chi connectivity index (χ4n) is 10.6. The number of nitrogens with zero attached hydrogens (tertiary/aromatic N) is 2. The van der Waals surface area contributed by atoms with E-state index in [4.69, 9.17) is 0 Å². The lowest BCUT2D eigenvalue weighted by Gasteiger charge is -2.27. The molecule has 0 amide bonds. The quantitative estimate of drug-likeness (QED) is 0.133. The number of hydrogen-bond donors (Lipinski definition) is 0. The van der Waals surface area contributed by atoms with Crippen LogP contribution in [0.3, 0.4) is 0 Å². The molecule has 0 fully saturated rings. The minimum absolute atomic E-state index is 1.07. The summed E-state index contributed by atoms with van der Waals surface area (Å²) in [5.41, 5.74) is 20.8. The first-order valence-corrected chi connectivity index (χ1v) is 24.7. The van der Waals surface area contributed by atoms with Crippen molar-refractivity contribution >= 4 is 49.6 Å². The van der Waals surface area contributed by atoms with Gasteiger partial charge < -0.3 is 9.47 Å². The van der Waals surface area contributed by atoms with E-state index in [2.05, 4.69) is 301 Å². The van der Waals surface area contributed by atoms with Crippen molar-refractivity contribution in [2.24, 2.45) is 0 Å². The largest absolute Gasteiger partial charge is 0.310 e. The van der Waals surface area contributed by atoms with Crippen LogP contribution in [0.5, 0.6) is 0 Å². The lowest BCUT2D eigenvalue weighted by molar-refractivity contribution is 1.18. The fourth-order valence-corrected chi connectivity index (χ4v) is 10.6. The van der Waals surface area contributed by atoms with Gasteiger partial charge in [-0.1, -0.05) is 200 Å². The minimum atomic E-state index is 1.07. The monoisotopic (exact) mass is 916 g/mol. The molecule has 72 heavy (non-hydrogen) atoms. The summed E-state index contributed by atoms with van der Waals surface area (Å²) in [6.45, 7) is 0. The number of rotatable bonds is 10. The Morgan fingerprint density at radius 1 is 0.236 bits per heavy atom. The van der Waals surface area contributed by atoms with Crippen molar-refractivity contribution in [1.82, 2.24) is 4.57 Å². The topological polar surface area (TPSA) is 8.17 Å². The number of para-hydroxylation sites is 2. The Labute approximate surface area is 420 Å². The highest BCUT2D eigenvalue weighted by Gasteiger charge is 2.20. The number of fused-ring (bicyclic) bond motifs is 4. The highest BCUT2D eigenvalue weighted by Crippen LogP contribution is 2.44. The van der Waals surface area contributed by atoms with Gasteiger partial charge >= 0.3 is 0 Å². The predicted molar refractivity (Wildman–Crippen MR) is 306 cm³/mol. The molecule has 0 saturated heterocycles. The highest BCUT2D eigenvalue weighted by atomic mass is 15.1. The van der Waals surface area contributed by atoms with Crippen molar-refractivity contribution in [1.29, 1.82) is 0 Å². The molecule has 0 aliphatic carbocycles. The van der Waals surface area contributed by atoms with Gasteiger partial charge in [0.05, 0.1) is 11.0 Å². The average Bonchev–Trinajstić information content (AvgIpc) is 3.81. The maximum Gasteiger partial charge on any atom is 0.0547 e. The summed E-state index contributed by atoms with van der Waals surface area (Å²) in [5.74, 6) is 0. The molecule has 1 heterocycles. The molecule has 2 heteroatoms. The molecule has 0 unspecified atom stereocenters. The van der Waals surface area contributed by atoms with Crippen LogP contribution >= 0.6 is 0 Å². The molecular formula is C70H48N2. The van der Waals surface area contributed by atoms with Crippen molar-refractivity contribution in [2.75, 3.05) is 4.90 Å². The van der Waals surface area contributed by atoms with Crippen LogP contribution in [0, 0.1) is 0 Å². The second-order valence-electron chi connectivity index (χ2n) is 18.5. The van der Waals surface area contributed by atoms with Crippen molar-refractivity contribution in [2.45, 2.75) is 0 Å². The Morgan fingerprint density at radius 2 is 0.667 bits per heavy atom. The summed E-state index contributed by atoms with van der Waals surface area (Å²) in [5, 5.41) is 4.94. The van der Waals surface area contributed by atoms with Gasteiger partial charge in [-0.3, -0.25) is 0 Å². The van der Waals surface area contributed by atoms with E-state index in [9.17, 15) is 0 Å². The van der Waals surface area contributed by atoms with Crippen molar-refractivity contribution in [3.8, 4) is 72.4 Å². The summed E-state index contributed by atoms with van der Waals surface area (Å²) >= 11 is 0. The normalized spacial score (nSPS) is 11.3. The fraction of sp³-hybridized carbons (Fsp3) is 0. The van der Waals surface area contributed by atoms with E-state index < -0.39 is 0 Å². The van der Waals surface area contributed by atoms with Gasteiger partial charge in [-0.2, -0.15) is 0 Å². The summed E-state index contributed by atoms with van der Waals surface area (Å²) in [7, 11) is 0. The first-order chi connectivity index (χ1) is 35.7. The molecule has 0 atom stereocenters. The van der Waals surface area contributed by atoms with Crippen LogP contribution in [0.25, 0.3) is 105 Å².